The Bertz CT molecular complexity index is 1150. The third-order valence-electron chi connectivity index (χ3n) is 5.31. The standard InChI is InChI=1S/C22H25N5O3S/c1-16(28)25-17-9-11-20(12-10-17)31(29,30)24-15-18-14-22(21-8-4-5-13-23-21)27(26-18)19-6-2-3-7-19/h4-5,8-14,19,24H,2-3,6-7,15H2,1H3,(H,25,28). The molecule has 0 aliphatic heterocycles. The van der Waals surface area contributed by atoms with E-state index in [1.165, 1.54) is 31.9 Å². The van der Waals surface area contributed by atoms with E-state index in [0.29, 0.717) is 17.4 Å². The largest absolute Gasteiger partial charge is 0.326 e. The zero-order valence-corrected chi connectivity index (χ0v) is 18.1. The summed E-state index contributed by atoms with van der Waals surface area (Å²) < 4.78 is 30.0. The van der Waals surface area contributed by atoms with Gasteiger partial charge in [0.05, 0.1) is 34.6 Å². The number of carbonyl (C=O) groups is 1. The molecule has 0 atom stereocenters. The Morgan fingerprint density at radius 1 is 1.13 bits per heavy atom. The number of pyridine rings is 1. The second-order valence-corrected chi connectivity index (χ2v) is 9.42. The van der Waals surface area contributed by atoms with E-state index >= 15 is 0 Å². The summed E-state index contributed by atoms with van der Waals surface area (Å²) in [5, 5.41) is 7.33. The maximum Gasteiger partial charge on any atom is 0.240 e. The molecule has 9 heteroatoms. The first-order chi connectivity index (χ1) is 14.9. The monoisotopic (exact) mass is 439 g/mol. The Balaban J connectivity index is 1.53. The molecule has 1 fully saturated rings. The van der Waals surface area contributed by atoms with Crippen LogP contribution in [0, 0.1) is 0 Å². The van der Waals surface area contributed by atoms with Gasteiger partial charge in [0.2, 0.25) is 15.9 Å². The predicted molar refractivity (Wildman–Crippen MR) is 118 cm³/mol. The number of rotatable bonds is 7. The smallest absolute Gasteiger partial charge is 0.240 e. The molecule has 1 aliphatic carbocycles. The average Bonchev–Trinajstić information content (AvgIpc) is 3.43. The van der Waals surface area contributed by atoms with Gasteiger partial charge in [-0.05, 0) is 55.3 Å². The van der Waals surface area contributed by atoms with Gasteiger partial charge in [-0.2, -0.15) is 5.10 Å². The van der Waals surface area contributed by atoms with Gasteiger partial charge in [0.15, 0.2) is 0 Å². The molecule has 2 heterocycles. The summed E-state index contributed by atoms with van der Waals surface area (Å²) in [7, 11) is -3.72. The molecular formula is C22H25N5O3S. The highest BCUT2D eigenvalue weighted by atomic mass is 32.2. The number of nitrogens with one attached hydrogen (secondary N) is 2. The number of carbonyl (C=O) groups excluding carboxylic acids is 1. The predicted octanol–water partition coefficient (Wildman–Crippen LogP) is 3.50. The maximum absolute atomic E-state index is 12.7. The van der Waals surface area contributed by atoms with Crippen molar-refractivity contribution in [3.63, 3.8) is 0 Å². The van der Waals surface area contributed by atoms with Gasteiger partial charge in [-0.3, -0.25) is 14.5 Å². The number of anilines is 1. The van der Waals surface area contributed by atoms with Crippen LogP contribution in [0.15, 0.2) is 59.6 Å². The number of hydrogen-bond donors (Lipinski definition) is 2. The minimum Gasteiger partial charge on any atom is -0.326 e. The summed E-state index contributed by atoms with van der Waals surface area (Å²) in [5.74, 6) is -0.213. The van der Waals surface area contributed by atoms with Crippen LogP contribution in [0.3, 0.4) is 0 Å². The van der Waals surface area contributed by atoms with Gasteiger partial charge in [0.1, 0.15) is 0 Å². The van der Waals surface area contributed by atoms with Crippen LogP contribution < -0.4 is 10.0 Å². The van der Waals surface area contributed by atoms with Crippen LogP contribution in [0.25, 0.3) is 11.4 Å². The van der Waals surface area contributed by atoms with E-state index in [0.717, 1.165) is 24.2 Å². The van der Waals surface area contributed by atoms with Crippen LogP contribution in [-0.2, 0) is 21.4 Å². The van der Waals surface area contributed by atoms with Crippen LogP contribution in [0.5, 0.6) is 0 Å². The van der Waals surface area contributed by atoms with Crippen molar-refractivity contribution in [3.8, 4) is 11.4 Å². The van der Waals surface area contributed by atoms with Crippen molar-refractivity contribution in [1.29, 1.82) is 0 Å². The third kappa shape index (κ3) is 5.00. The molecule has 0 unspecified atom stereocenters. The molecule has 3 aromatic rings. The molecule has 31 heavy (non-hydrogen) atoms. The lowest BCUT2D eigenvalue weighted by Crippen LogP contribution is -2.23. The van der Waals surface area contributed by atoms with E-state index in [9.17, 15) is 13.2 Å². The highest BCUT2D eigenvalue weighted by Crippen LogP contribution is 2.33. The molecule has 1 amide bonds. The molecule has 0 spiro atoms. The molecule has 1 aliphatic rings. The van der Waals surface area contributed by atoms with Gasteiger partial charge in [-0.25, -0.2) is 13.1 Å². The molecule has 1 saturated carbocycles. The lowest BCUT2D eigenvalue weighted by atomic mass is 10.2. The first kappa shape index (κ1) is 21.2. The van der Waals surface area contributed by atoms with Crippen molar-refractivity contribution in [2.24, 2.45) is 0 Å². The van der Waals surface area contributed by atoms with Crippen LogP contribution in [0.1, 0.15) is 44.3 Å². The normalized spacial score (nSPS) is 14.6. The van der Waals surface area contributed by atoms with Crippen molar-refractivity contribution in [1.82, 2.24) is 19.5 Å². The van der Waals surface area contributed by atoms with E-state index in [4.69, 9.17) is 5.10 Å². The number of nitrogens with zero attached hydrogens (tertiary/aromatic N) is 3. The van der Waals surface area contributed by atoms with Gasteiger partial charge in [-0.1, -0.05) is 18.9 Å². The van der Waals surface area contributed by atoms with Crippen molar-refractivity contribution in [2.75, 3.05) is 5.32 Å². The van der Waals surface area contributed by atoms with Crippen LogP contribution >= 0.6 is 0 Å². The first-order valence-electron chi connectivity index (χ1n) is 10.3. The Morgan fingerprint density at radius 3 is 2.52 bits per heavy atom. The van der Waals surface area contributed by atoms with E-state index in [1.54, 1.807) is 18.3 Å². The Kier molecular flexibility index (Phi) is 6.15. The molecule has 162 valence electrons. The molecule has 0 bridgehead atoms. The fourth-order valence-electron chi connectivity index (χ4n) is 3.84. The number of hydrogen-bond acceptors (Lipinski definition) is 5. The second kappa shape index (κ2) is 8.99. The fraction of sp³-hybridized carbons (Fsp3) is 0.318. The number of aromatic nitrogens is 3. The minimum absolute atomic E-state index is 0.0787. The Morgan fingerprint density at radius 2 is 1.87 bits per heavy atom. The van der Waals surface area contributed by atoms with Gasteiger partial charge < -0.3 is 5.32 Å². The first-order valence-corrected chi connectivity index (χ1v) is 11.8. The molecular weight excluding hydrogens is 414 g/mol. The number of benzene rings is 1. The summed E-state index contributed by atoms with van der Waals surface area (Å²) in [6.07, 6.45) is 6.21. The van der Waals surface area contributed by atoms with E-state index in [2.05, 4.69) is 15.0 Å². The van der Waals surface area contributed by atoms with E-state index in [-0.39, 0.29) is 17.3 Å². The van der Waals surface area contributed by atoms with Crippen LogP contribution in [-0.4, -0.2) is 29.1 Å². The van der Waals surface area contributed by atoms with Crippen molar-refractivity contribution in [2.45, 2.75) is 50.1 Å². The van der Waals surface area contributed by atoms with Crippen LogP contribution in [0.4, 0.5) is 5.69 Å². The van der Waals surface area contributed by atoms with Crippen molar-refractivity contribution in [3.05, 3.63) is 60.4 Å². The Labute approximate surface area is 181 Å². The summed E-state index contributed by atoms with van der Waals surface area (Å²) >= 11 is 0. The topological polar surface area (TPSA) is 106 Å². The zero-order valence-electron chi connectivity index (χ0n) is 17.3. The molecule has 2 N–H and O–H groups in total. The van der Waals surface area contributed by atoms with Crippen molar-refractivity contribution >= 4 is 21.6 Å². The SMILES string of the molecule is CC(=O)Nc1ccc(S(=O)(=O)NCc2cc(-c3ccccn3)n(C3CCCC3)n2)cc1. The summed E-state index contributed by atoms with van der Waals surface area (Å²) in [5.41, 5.74) is 2.92. The van der Waals surface area contributed by atoms with Crippen LogP contribution in [0.2, 0.25) is 0 Å². The zero-order chi connectivity index (χ0) is 21.8. The second-order valence-electron chi connectivity index (χ2n) is 7.65. The lowest BCUT2D eigenvalue weighted by Gasteiger charge is -2.13. The summed E-state index contributed by atoms with van der Waals surface area (Å²) in [6, 6.07) is 14.0. The molecule has 1 aromatic carbocycles. The van der Waals surface area contributed by atoms with E-state index in [1.807, 2.05) is 28.9 Å². The maximum atomic E-state index is 12.7. The third-order valence-corrected chi connectivity index (χ3v) is 6.73. The summed E-state index contributed by atoms with van der Waals surface area (Å²) in [4.78, 5) is 15.7. The van der Waals surface area contributed by atoms with Crippen molar-refractivity contribution < 1.29 is 13.2 Å². The number of sulfonamides is 1. The highest BCUT2D eigenvalue weighted by molar-refractivity contribution is 7.89. The quantitative estimate of drug-likeness (QED) is 0.586. The molecule has 0 radical (unpaired) electrons. The lowest BCUT2D eigenvalue weighted by molar-refractivity contribution is -0.114. The highest BCUT2D eigenvalue weighted by Gasteiger charge is 2.23. The fourth-order valence-corrected chi connectivity index (χ4v) is 4.84. The van der Waals surface area contributed by atoms with Gasteiger partial charge in [-0.15, -0.1) is 0 Å². The van der Waals surface area contributed by atoms with Gasteiger partial charge >= 0.3 is 0 Å². The van der Waals surface area contributed by atoms with Gasteiger partial charge in [0, 0.05) is 18.8 Å². The summed E-state index contributed by atoms with van der Waals surface area (Å²) in [6.45, 7) is 1.48. The minimum atomic E-state index is -3.72. The number of amides is 1. The molecule has 8 nitrogen and oxygen atoms in total. The van der Waals surface area contributed by atoms with E-state index < -0.39 is 10.0 Å². The van der Waals surface area contributed by atoms with Gasteiger partial charge in [0.25, 0.3) is 0 Å². The average molecular weight is 440 g/mol. The molecule has 4 rings (SSSR count). The molecule has 2 aromatic heterocycles. The Hall–Kier alpha value is -3.04. The molecule has 0 saturated heterocycles.